The zero-order valence-corrected chi connectivity index (χ0v) is 25.4. The number of phenolic OH excluding ortho intramolecular Hbond substituents is 2. The number of halogens is 2. The van der Waals surface area contributed by atoms with Crippen molar-refractivity contribution >= 4 is 67.9 Å². The molecule has 2 atom stereocenters. The Balaban J connectivity index is 1.12. The van der Waals surface area contributed by atoms with Gasteiger partial charge in [-0.05, 0) is 33.0 Å². The molecule has 2 N–H and O–H groups in total. The first-order valence-corrected chi connectivity index (χ1v) is 15.7. The molecule has 2 unspecified atom stereocenters. The van der Waals surface area contributed by atoms with Gasteiger partial charge >= 0.3 is 0 Å². The van der Waals surface area contributed by atoms with Crippen LogP contribution in [0.25, 0.3) is 21.5 Å². The Kier molecular flexibility index (Phi) is 7.35. The minimum absolute atomic E-state index is 0.0400. The van der Waals surface area contributed by atoms with E-state index in [1.807, 2.05) is 72.8 Å². The minimum atomic E-state index is -0.0993. The number of anilines is 2. The smallest absolute Gasteiger partial charge is 0.231 e. The number of carbonyl (C=O) groups is 2. The molecular formula is C36H30Cl2N2O4. The van der Waals surface area contributed by atoms with Gasteiger partial charge in [0.25, 0.3) is 0 Å². The number of benzene rings is 5. The van der Waals surface area contributed by atoms with Crippen molar-refractivity contribution in [3.8, 4) is 11.5 Å². The van der Waals surface area contributed by atoms with Crippen molar-refractivity contribution in [1.82, 2.24) is 0 Å². The maximum Gasteiger partial charge on any atom is 0.231 e. The molecule has 2 aliphatic rings. The third-order valence-corrected chi connectivity index (χ3v) is 9.71. The van der Waals surface area contributed by atoms with Crippen molar-refractivity contribution in [3.05, 3.63) is 107 Å². The largest absolute Gasteiger partial charge is 0.507 e. The van der Waals surface area contributed by atoms with Crippen molar-refractivity contribution in [2.45, 2.75) is 24.7 Å². The van der Waals surface area contributed by atoms with Crippen LogP contribution in [0.15, 0.2) is 84.9 Å². The third kappa shape index (κ3) is 4.73. The number of aromatic hydroxyl groups is 2. The number of amides is 2. The molecule has 0 aliphatic carbocycles. The monoisotopic (exact) mass is 624 g/mol. The summed E-state index contributed by atoms with van der Waals surface area (Å²) in [6.45, 7) is 0.891. The quantitative estimate of drug-likeness (QED) is 0.195. The highest BCUT2D eigenvalue weighted by Gasteiger charge is 2.36. The normalized spacial score (nSPS) is 17.3. The van der Waals surface area contributed by atoms with E-state index in [2.05, 4.69) is 0 Å². The second-order valence-electron chi connectivity index (χ2n) is 11.6. The van der Waals surface area contributed by atoms with Gasteiger partial charge in [0.1, 0.15) is 11.5 Å². The standard InChI is InChI=1S/C36H30Cl2N2O4/c37-17-23-19-39(29-15-31(41)25-8-1-3-10-27(25)35(23)29)33(43)13-21-6-5-7-22(12-21)14-34(44)40-20-24(18-38)36-28-11-4-2-9-26(28)32(42)16-30(36)40/h1-12,15-16,23-24,41-42H,13-14,17-20H2. The summed E-state index contributed by atoms with van der Waals surface area (Å²) in [5.41, 5.74) is 4.96. The molecule has 0 saturated carbocycles. The Morgan fingerprint density at radius 3 is 1.43 bits per heavy atom. The van der Waals surface area contributed by atoms with Gasteiger partial charge in [-0.2, -0.15) is 0 Å². The first-order chi connectivity index (χ1) is 21.4. The van der Waals surface area contributed by atoms with Crippen molar-refractivity contribution in [2.75, 3.05) is 34.6 Å². The third-order valence-electron chi connectivity index (χ3n) is 8.97. The predicted molar refractivity (Wildman–Crippen MR) is 177 cm³/mol. The fourth-order valence-electron chi connectivity index (χ4n) is 6.97. The first kappa shape index (κ1) is 28.5. The number of hydrogen-bond donors (Lipinski definition) is 2. The van der Waals surface area contributed by atoms with E-state index in [1.165, 1.54) is 0 Å². The molecule has 2 aliphatic heterocycles. The van der Waals surface area contributed by atoms with Crippen molar-refractivity contribution in [2.24, 2.45) is 0 Å². The number of alkyl halides is 2. The van der Waals surface area contributed by atoms with E-state index in [-0.39, 0.29) is 48.0 Å². The van der Waals surface area contributed by atoms with Crippen LogP contribution in [0.2, 0.25) is 0 Å². The highest BCUT2D eigenvalue weighted by Crippen LogP contribution is 2.46. The van der Waals surface area contributed by atoms with Gasteiger partial charge in [-0.3, -0.25) is 9.59 Å². The van der Waals surface area contributed by atoms with Gasteiger partial charge in [-0.25, -0.2) is 0 Å². The fourth-order valence-corrected chi connectivity index (χ4v) is 7.47. The van der Waals surface area contributed by atoms with E-state index in [0.717, 1.165) is 43.8 Å². The molecule has 44 heavy (non-hydrogen) atoms. The summed E-state index contributed by atoms with van der Waals surface area (Å²) in [5.74, 6) is 0.712. The average molecular weight is 626 g/mol. The summed E-state index contributed by atoms with van der Waals surface area (Å²) < 4.78 is 0. The van der Waals surface area contributed by atoms with Crippen LogP contribution in [0.1, 0.15) is 34.1 Å². The van der Waals surface area contributed by atoms with Crippen molar-refractivity contribution in [3.63, 3.8) is 0 Å². The Labute approximate surface area is 265 Å². The molecule has 0 fully saturated rings. The topological polar surface area (TPSA) is 81.1 Å². The molecule has 6 nitrogen and oxygen atoms in total. The van der Waals surface area contributed by atoms with Crippen LogP contribution in [-0.4, -0.2) is 46.9 Å². The fraction of sp³-hybridized carbons (Fsp3) is 0.222. The minimum Gasteiger partial charge on any atom is -0.507 e. The van der Waals surface area contributed by atoms with E-state index in [0.29, 0.717) is 36.2 Å². The Morgan fingerprint density at radius 2 is 1.02 bits per heavy atom. The Hall–Kier alpha value is -4.26. The molecule has 0 radical (unpaired) electrons. The zero-order valence-electron chi connectivity index (χ0n) is 23.8. The van der Waals surface area contributed by atoms with Gasteiger partial charge in [0.15, 0.2) is 0 Å². The molecular weight excluding hydrogens is 595 g/mol. The van der Waals surface area contributed by atoms with E-state index in [4.69, 9.17) is 23.2 Å². The summed E-state index contributed by atoms with van der Waals surface area (Å²) in [6, 6.07) is 26.1. The van der Waals surface area contributed by atoms with Gasteiger partial charge in [0.2, 0.25) is 11.8 Å². The molecule has 222 valence electrons. The Morgan fingerprint density at radius 1 is 0.614 bits per heavy atom. The summed E-state index contributed by atoms with van der Waals surface area (Å²) >= 11 is 12.7. The van der Waals surface area contributed by atoms with Crippen LogP contribution in [0, 0.1) is 0 Å². The predicted octanol–water partition coefficient (Wildman–Crippen LogP) is 7.23. The molecule has 5 aromatic carbocycles. The number of hydrogen-bond acceptors (Lipinski definition) is 4. The van der Waals surface area contributed by atoms with Gasteiger partial charge in [0, 0.05) is 59.6 Å². The maximum atomic E-state index is 13.7. The first-order valence-electron chi connectivity index (χ1n) is 14.7. The van der Waals surface area contributed by atoms with Gasteiger partial charge < -0.3 is 20.0 Å². The van der Waals surface area contributed by atoms with E-state index in [9.17, 15) is 19.8 Å². The molecule has 5 aromatic rings. The lowest BCUT2D eigenvalue weighted by Crippen LogP contribution is -2.32. The maximum absolute atomic E-state index is 13.7. The van der Waals surface area contributed by atoms with Crippen molar-refractivity contribution < 1.29 is 19.8 Å². The molecule has 0 saturated heterocycles. The van der Waals surface area contributed by atoms with Crippen LogP contribution in [0.3, 0.4) is 0 Å². The van der Waals surface area contributed by atoms with Gasteiger partial charge in [-0.1, -0.05) is 72.8 Å². The lowest BCUT2D eigenvalue weighted by atomic mass is 9.95. The molecule has 8 heteroatoms. The number of carbonyl (C=O) groups excluding carboxylic acids is 2. The lowest BCUT2D eigenvalue weighted by Gasteiger charge is -2.20. The highest BCUT2D eigenvalue weighted by atomic mass is 35.5. The zero-order chi connectivity index (χ0) is 30.5. The molecule has 0 bridgehead atoms. The SMILES string of the molecule is O=C(Cc1cccc(CC(=O)N2CC(CCl)c3c2cc(O)c2ccccc32)c1)N1CC(CCl)c2c1cc(O)c1ccccc21. The van der Waals surface area contributed by atoms with E-state index < -0.39 is 0 Å². The van der Waals surface area contributed by atoms with E-state index >= 15 is 0 Å². The average Bonchev–Trinajstić information content (AvgIpc) is 3.60. The van der Waals surface area contributed by atoms with Gasteiger partial charge in [0.05, 0.1) is 24.2 Å². The van der Waals surface area contributed by atoms with Crippen LogP contribution >= 0.6 is 23.2 Å². The van der Waals surface area contributed by atoms with Crippen LogP contribution in [0.4, 0.5) is 11.4 Å². The molecule has 0 spiro atoms. The molecule has 0 aromatic heterocycles. The van der Waals surface area contributed by atoms with Gasteiger partial charge in [-0.15, -0.1) is 23.2 Å². The van der Waals surface area contributed by atoms with Crippen LogP contribution in [0.5, 0.6) is 11.5 Å². The van der Waals surface area contributed by atoms with Crippen LogP contribution in [-0.2, 0) is 22.4 Å². The highest BCUT2D eigenvalue weighted by molar-refractivity contribution is 6.19. The molecule has 7 rings (SSSR count). The lowest BCUT2D eigenvalue weighted by molar-refractivity contribution is -0.118. The molecule has 2 heterocycles. The number of rotatable bonds is 6. The summed E-state index contributed by atoms with van der Waals surface area (Å²) in [5, 5.41) is 24.8. The summed E-state index contributed by atoms with van der Waals surface area (Å²) in [4.78, 5) is 30.8. The number of phenols is 2. The number of nitrogens with zero attached hydrogens (tertiary/aromatic N) is 2. The number of fused-ring (bicyclic) bond motifs is 6. The van der Waals surface area contributed by atoms with Crippen molar-refractivity contribution in [1.29, 1.82) is 0 Å². The second-order valence-corrected chi connectivity index (χ2v) is 12.3. The second kappa shape index (κ2) is 11.3. The summed E-state index contributed by atoms with van der Waals surface area (Å²) in [7, 11) is 0. The van der Waals surface area contributed by atoms with Crippen LogP contribution < -0.4 is 9.80 Å². The summed E-state index contributed by atoms with van der Waals surface area (Å²) in [6.07, 6.45) is 0.287. The Bertz CT molecular complexity index is 1820. The molecule has 2 amide bonds. The van der Waals surface area contributed by atoms with E-state index in [1.54, 1.807) is 21.9 Å².